The molecule has 3 nitrogen and oxygen atoms in total. The quantitative estimate of drug-likeness (QED) is 0.440. The second-order valence-corrected chi connectivity index (χ2v) is 7.48. The Morgan fingerprint density at radius 1 is 0.952 bits per heavy atom. The molecule has 1 aromatic rings. The van der Waals surface area contributed by atoms with Crippen LogP contribution in [0.5, 0.6) is 0 Å². The van der Waals surface area contributed by atoms with Crippen molar-refractivity contribution in [2.45, 2.75) is 19.4 Å². The number of rotatable bonds is 2. The van der Waals surface area contributed by atoms with Crippen molar-refractivity contribution in [2.24, 2.45) is 23.7 Å². The molecule has 1 aromatic carbocycles. The smallest absolute Gasteiger partial charge is 0.234 e. The van der Waals surface area contributed by atoms with Gasteiger partial charge in [-0.1, -0.05) is 24.3 Å². The van der Waals surface area contributed by atoms with Gasteiger partial charge in [0.2, 0.25) is 11.8 Å². The van der Waals surface area contributed by atoms with E-state index in [9.17, 15) is 9.59 Å². The lowest BCUT2D eigenvalue weighted by Gasteiger charge is -2.38. The molecule has 1 saturated carbocycles. The highest BCUT2D eigenvalue weighted by Gasteiger charge is 2.56. The van der Waals surface area contributed by atoms with Gasteiger partial charge in [0.1, 0.15) is 0 Å². The fourth-order valence-corrected chi connectivity index (χ4v) is 4.42. The van der Waals surface area contributed by atoms with Crippen molar-refractivity contribution in [3.05, 3.63) is 45.6 Å². The summed E-state index contributed by atoms with van der Waals surface area (Å²) in [5, 5.41) is 0. The number of hydrogen-bond acceptors (Lipinski definition) is 2. The summed E-state index contributed by atoms with van der Waals surface area (Å²) in [6, 6.07) is 8.02. The van der Waals surface area contributed by atoms with Gasteiger partial charge in [0.15, 0.2) is 0 Å². The highest BCUT2D eigenvalue weighted by molar-refractivity contribution is 14.1. The van der Waals surface area contributed by atoms with Crippen molar-refractivity contribution in [2.75, 3.05) is 0 Å². The van der Waals surface area contributed by atoms with Crippen molar-refractivity contribution >= 4 is 34.4 Å². The van der Waals surface area contributed by atoms with E-state index >= 15 is 0 Å². The summed E-state index contributed by atoms with van der Waals surface area (Å²) in [5.74, 6) is 0.455. The Morgan fingerprint density at radius 2 is 1.48 bits per heavy atom. The Kier molecular flexibility index (Phi) is 3.17. The number of likely N-dealkylation sites (tertiary alicyclic amines) is 1. The van der Waals surface area contributed by atoms with Gasteiger partial charge in [-0.2, -0.15) is 0 Å². The van der Waals surface area contributed by atoms with Crippen LogP contribution in [0.3, 0.4) is 0 Å². The van der Waals surface area contributed by atoms with Crippen LogP contribution in [0, 0.1) is 27.2 Å². The Bertz CT molecular complexity index is 605. The molecule has 1 heterocycles. The number of carbonyl (C=O) groups is 2. The zero-order chi connectivity index (χ0) is 14.6. The molecule has 4 heteroatoms. The minimum Gasteiger partial charge on any atom is -0.278 e. The summed E-state index contributed by atoms with van der Waals surface area (Å²) in [5.41, 5.74) is 1.02. The van der Waals surface area contributed by atoms with Crippen LogP contribution in [-0.4, -0.2) is 16.7 Å². The lowest BCUT2D eigenvalue weighted by atomic mass is 9.63. The Hall–Kier alpha value is -1.17. The number of amides is 2. The van der Waals surface area contributed by atoms with Crippen LogP contribution in [0.4, 0.5) is 0 Å². The van der Waals surface area contributed by atoms with E-state index in [4.69, 9.17) is 0 Å². The zero-order valence-corrected chi connectivity index (χ0v) is 13.7. The third-order valence-corrected chi connectivity index (χ3v) is 5.82. The molecular weight excluding hydrogens is 377 g/mol. The largest absolute Gasteiger partial charge is 0.278 e. The van der Waals surface area contributed by atoms with E-state index in [0.29, 0.717) is 6.54 Å². The molecule has 4 atom stereocenters. The molecule has 2 amide bonds. The monoisotopic (exact) mass is 393 g/mol. The van der Waals surface area contributed by atoms with Gasteiger partial charge in [-0.05, 0) is 65.0 Å². The molecule has 1 saturated heterocycles. The van der Waals surface area contributed by atoms with E-state index in [1.54, 1.807) is 0 Å². The predicted octanol–water partition coefficient (Wildman–Crippen LogP) is 2.99. The van der Waals surface area contributed by atoms with Crippen molar-refractivity contribution in [1.82, 2.24) is 4.90 Å². The second-order valence-electron chi connectivity index (χ2n) is 6.23. The van der Waals surface area contributed by atoms with Crippen LogP contribution in [-0.2, 0) is 16.1 Å². The van der Waals surface area contributed by atoms with Gasteiger partial charge in [0.25, 0.3) is 0 Å². The molecule has 108 valence electrons. The van der Waals surface area contributed by atoms with Crippen LogP contribution >= 0.6 is 22.6 Å². The fraction of sp³-hybridized carbons (Fsp3) is 0.412. The molecule has 5 rings (SSSR count). The molecular formula is C17H16INO2. The van der Waals surface area contributed by atoms with Crippen LogP contribution < -0.4 is 0 Å². The predicted molar refractivity (Wildman–Crippen MR) is 87.1 cm³/mol. The first kappa shape index (κ1) is 13.5. The molecule has 0 spiro atoms. The first-order valence-electron chi connectivity index (χ1n) is 7.43. The number of carbonyl (C=O) groups excluding carboxylic acids is 2. The van der Waals surface area contributed by atoms with E-state index in [1.165, 1.54) is 4.90 Å². The van der Waals surface area contributed by atoms with Crippen molar-refractivity contribution in [3.63, 3.8) is 0 Å². The van der Waals surface area contributed by atoms with Gasteiger partial charge in [0, 0.05) is 3.57 Å². The Balaban J connectivity index is 1.61. The lowest BCUT2D eigenvalue weighted by Crippen LogP contribution is -2.38. The lowest BCUT2D eigenvalue weighted by molar-refractivity contribution is -0.140. The maximum absolute atomic E-state index is 12.7. The summed E-state index contributed by atoms with van der Waals surface area (Å²) in [4.78, 5) is 26.9. The maximum Gasteiger partial charge on any atom is 0.234 e. The molecule has 2 bridgehead atoms. The zero-order valence-electron chi connectivity index (χ0n) is 11.5. The highest BCUT2D eigenvalue weighted by atomic mass is 127. The molecule has 1 aliphatic heterocycles. The average molecular weight is 393 g/mol. The van der Waals surface area contributed by atoms with E-state index < -0.39 is 0 Å². The van der Waals surface area contributed by atoms with Gasteiger partial charge in [-0.15, -0.1) is 0 Å². The van der Waals surface area contributed by atoms with Crippen molar-refractivity contribution < 1.29 is 9.59 Å². The van der Waals surface area contributed by atoms with Gasteiger partial charge in [-0.3, -0.25) is 14.5 Å². The fourth-order valence-electron chi connectivity index (χ4n) is 4.06. The van der Waals surface area contributed by atoms with E-state index in [2.05, 4.69) is 34.7 Å². The van der Waals surface area contributed by atoms with E-state index in [0.717, 1.165) is 22.0 Å². The first-order chi connectivity index (χ1) is 10.1. The molecule has 3 aliphatic carbocycles. The van der Waals surface area contributed by atoms with Crippen LogP contribution in [0.25, 0.3) is 0 Å². The third kappa shape index (κ3) is 2.06. The third-order valence-electron chi connectivity index (χ3n) is 5.10. The minimum atomic E-state index is -0.0925. The standard InChI is InChI=1S/C17H16INO2/c18-13-7-1-10(2-8-13)9-19-16(20)14-11-3-4-12(6-5-11)15(14)17(19)21/h1-4,7-8,11-12,14-15H,5-6,9H2/t11-,12-,14-,15+/m1/s1. The molecule has 0 N–H and O–H groups in total. The summed E-state index contributed by atoms with van der Waals surface area (Å²) >= 11 is 2.25. The van der Waals surface area contributed by atoms with Crippen LogP contribution in [0.15, 0.2) is 36.4 Å². The number of allylic oxidation sites excluding steroid dienone is 2. The minimum absolute atomic E-state index is 0.0441. The van der Waals surface area contributed by atoms with Gasteiger partial charge in [0.05, 0.1) is 18.4 Å². The maximum atomic E-state index is 12.7. The summed E-state index contributed by atoms with van der Waals surface area (Å²) in [6.45, 7) is 0.418. The second kappa shape index (κ2) is 4.93. The summed E-state index contributed by atoms with van der Waals surface area (Å²) in [7, 11) is 0. The highest BCUT2D eigenvalue weighted by Crippen LogP contribution is 2.49. The number of halogens is 1. The first-order valence-corrected chi connectivity index (χ1v) is 8.51. The number of nitrogens with zero attached hydrogens (tertiary/aromatic N) is 1. The number of fused-ring (bicyclic) bond motifs is 1. The topological polar surface area (TPSA) is 37.4 Å². The normalized spacial score (nSPS) is 33.7. The average Bonchev–Trinajstić information content (AvgIpc) is 2.78. The number of imide groups is 1. The van der Waals surface area contributed by atoms with Gasteiger partial charge in [-0.25, -0.2) is 0 Å². The SMILES string of the molecule is O=C1[C@@H]2[C@H](C(=O)N1Cc1ccc(I)cc1)[C@@H]1C=C[C@@H]2CC1. The molecule has 21 heavy (non-hydrogen) atoms. The van der Waals surface area contributed by atoms with Crippen LogP contribution in [0.2, 0.25) is 0 Å². The van der Waals surface area contributed by atoms with Crippen LogP contribution in [0.1, 0.15) is 18.4 Å². The van der Waals surface area contributed by atoms with Gasteiger partial charge < -0.3 is 0 Å². The molecule has 2 fully saturated rings. The van der Waals surface area contributed by atoms with Crippen molar-refractivity contribution in [1.29, 1.82) is 0 Å². The summed E-state index contributed by atoms with van der Waals surface area (Å²) in [6.07, 6.45) is 6.43. The molecule has 0 aromatic heterocycles. The summed E-state index contributed by atoms with van der Waals surface area (Å²) < 4.78 is 1.16. The molecule has 4 aliphatic rings. The Morgan fingerprint density at radius 3 is 1.95 bits per heavy atom. The Labute approximate surface area is 137 Å². The number of benzene rings is 1. The molecule has 0 unspecified atom stereocenters. The molecule has 0 radical (unpaired) electrons. The number of hydrogen-bond donors (Lipinski definition) is 0. The van der Waals surface area contributed by atoms with Crippen molar-refractivity contribution in [3.8, 4) is 0 Å². The van der Waals surface area contributed by atoms with E-state index in [-0.39, 0.29) is 35.5 Å². The van der Waals surface area contributed by atoms with Gasteiger partial charge >= 0.3 is 0 Å². The van der Waals surface area contributed by atoms with E-state index in [1.807, 2.05) is 24.3 Å².